The van der Waals surface area contributed by atoms with Crippen molar-refractivity contribution >= 4 is 26.7 Å². The first kappa shape index (κ1) is 29.2. The van der Waals surface area contributed by atoms with Gasteiger partial charge in [-0.1, -0.05) is 36.4 Å². The number of furan rings is 1. The van der Waals surface area contributed by atoms with Gasteiger partial charge in [0.15, 0.2) is 11.5 Å². The van der Waals surface area contributed by atoms with Crippen molar-refractivity contribution in [3.05, 3.63) is 90.4 Å². The summed E-state index contributed by atoms with van der Waals surface area (Å²) in [6.45, 7) is 4.16. The van der Waals surface area contributed by atoms with Gasteiger partial charge in [0.05, 0.1) is 37.5 Å². The zero-order chi connectivity index (χ0) is 29.6. The molecule has 4 aromatic rings. The van der Waals surface area contributed by atoms with Crippen LogP contribution in [0.15, 0.2) is 88.4 Å². The van der Waals surface area contributed by atoms with E-state index in [9.17, 15) is 13.2 Å². The molecule has 3 heterocycles. The Morgan fingerprint density at radius 1 is 0.860 bits per heavy atom. The molecule has 1 amide bonds. The van der Waals surface area contributed by atoms with E-state index in [2.05, 4.69) is 4.90 Å². The van der Waals surface area contributed by atoms with Gasteiger partial charge in [-0.15, -0.1) is 0 Å². The molecule has 1 fully saturated rings. The summed E-state index contributed by atoms with van der Waals surface area (Å²) in [6.07, 6.45) is 2.14. The molecule has 0 unspecified atom stereocenters. The lowest BCUT2D eigenvalue weighted by atomic mass is 10.1. The lowest BCUT2D eigenvalue weighted by molar-refractivity contribution is -0.133. The summed E-state index contributed by atoms with van der Waals surface area (Å²) in [5.41, 5.74) is 0.834. The molecule has 0 radical (unpaired) electrons. The topological polar surface area (TPSA) is 102 Å². The number of sulfonamides is 1. The highest BCUT2D eigenvalue weighted by Gasteiger charge is 2.29. The second-order valence-electron chi connectivity index (χ2n) is 10.7. The number of ether oxygens (including phenoxy) is 3. The Morgan fingerprint density at radius 3 is 2.49 bits per heavy atom. The molecular weight excluding hydrogens is 570 g/mol. The van der Waals surface area contributed by atoms with E-state index in [4.69, 9.17) is 18.6 Å². The van der Waals surface area contributed by atoms with E-state index in [1.807, 2.05) is 42.5 Å². The number of morpholine rings is 1. The Labute approximate surface area is 251 Å². The monoisotopic (exact) mass is 605 g/mol. The van der Waals surface area contributed by atoms with Crippen molar-refractivity contribution in [2.24, 2.45) is 0 Å². The van der Waals surface area contributed by atoms with Gasteiger partial charge >= 0.3 is 0 Å². The van der Waals surface area contributed by atoms with Crippen molar-refractivity contribution in [1.82, 2.24) is 14.1 Å². The molecule has 11 heteroatoms. The molecule has 0 spiro atoms. The fraction of sp³-hybridized carbons (Fsp3) is 0.344. The molecule has 2 aliphatic rings. The third kappa shape index (κ3) is 7.02. The SMILES string of the molecule is O=C(CN(CCCN1CCOCC1)S(=O)(=O)c1ccc2ccccc2c1)N(Cc1ccc2c(c1)OCO2)Cc1ccco1. The lowest BCUT2D eigenvalue weighted by Crippen LogP contribution is -2.44. The van der Waals surface area contributed by atoms with Crippen molar-refractivity contribution < 1.29 is 31.8 Å². The van der Waals surface area contributed by atoms with E-state index < -0.39 is 10.0 Å². The molecule has 0 N–H and O–H groups in total. The third-order valence-electron chi connectivity index (χ3n) is 7.75. The molecule has 0 saturated carbocycles. The highest BCUT2D eigenvalue weighted by molar-refractivity contribution is 7.89. The van der Waals surface area contributed by atoms with Gasteiger partial charge in [-0.3, -0.25) is 9.69 Å². The average molecular weight is 606 g/mol. The molecule has 0 atom stereocenters. The highest BCUT2D eigenvalue weighted by Crippen LogP contribution is 2.33. The molecule has 3 aromatic carbocycles. The van der Waals surface area contributed by atoms with Crippen molar-refractivity contribution in [2.45, 2.75) is 24.4 Å². The predicted molar refractivity (Wildman–Crippen MR) is 160 cm³/mol. The fourth-order valence-electron chi connectivity index (χ4n) is 5.39. The van der Waals surface area contributed by atoms with Gasteiger partial charge in [-0.2, -0.15) is 4.31 Å². The number of carbonyl (C=O) groups excluding carboxylic acids is 1. The quantitative estimate of drug-likeness (QED) is 0.238. The Kier molecular flexibility index (Phi) is 8.94. The maximum Gasteiger partial charge on any atom is 0.243 e. The van der Waals surface area contributed by atoms with E-state index in [1.165, 1.54) is 4.31 Å². The zero-order valence-electron chi connectivity index (χ0n) is 23.9. The number of benzene rings is 3. The Bertz CT molecular complexity index is 1650. The predicted octanol–water partition coefficient (Wildman–Crippen LogP) is 4.10. The van der Waals surface area contributed by atoms with E-state index in [-0.39, 0.29) is 43.8 Å². The van der Waals surface area contributed by atoms with Crippen LogP contribution < -0.4 is 9.47 Å². The number of amides is 1. The van der Waals surface area contributed by atoms with E-state index in [1.54, 1.807) is 41.5 Å². The van der Waals surface area contributed by atoms with Crippen LogP contribution in [0.25, 0.3) is 10.8 Å². The summed E-state index contributed by atoms with van der Waals surface area (Å²) in [5.74, 6) is 1.54. The van der Waals surface area contributed by atoms with Crippen LogP contribution in [0.2, 0.25) is 0 Å². The molecule has 0 aliphatic carbocycles. The minimum atomic E-state index is -3.98. The molecule has 1 saturated heterocycles. The van der Waals surface area contributed by atoms with Crippen LogP contribution in [-0.2, 0) is 32.6 Å². The second kappa shape index (κ2) is 13.2. The first-order valence-corrected chi connectivity index (χ1v) is 15.9. The Hall–Kier alpha value is -3.90. The van der Waals surface area contributed by atoms with Crippen LogP contribution in [0, 0.1) is 0 Å². The van der Waals surface area contributed by atoms with Gasteiger partial charge in [-0.05, 0) is 65.7 Å². The zero-order valence-corrected chi connectivity index (χ0v) is 24.7. The Balaban J connectivity index is 1.25. The van der Waals surface area contributed by atoms with E-state index in [0.29, 0.717) is 43.4 Å². The minimum absolute atomic E-state index is 0.153. The molecule has 10 nitrogen and oxygen atoms in total. The van der Waals surface area contributed by atoms with E-state index in [0.717, 1.165) is 29.4 Å². The molecule has 2 aliphatic heterocycles. The maximum atomic E-state index is 14.1. The van der Waals surface area contributed by atoms with Gasteiger partial charge in [0.25, 0.3) is 0 Å². The number of hydrogen-bond acceptors (Lipinski definition) is 8. The van der Waals surface area contributed by atoms with Crippen molar-refractivity contribution in [3.63, 3.8) is 0 Å². The summed E-state index contributed by atoms with van der Waals surface area (Å²) >= 11 is 0. The summed E-state index contributed by atoms with van der Waals surface area (Å²) < 4.78 is 51.5. The fourth-order valence-corrected chi connectivity index (χ4v) is 6.85. The van der Waals surface area contributed by atoms with Gasteiger partial charge in [0, 0.05) is 26.2 Å². The smallest absolute Gasteiger partial charge is 0.243 e. The number of hydrogen-bond donors (Lipinski definition) is 0. The average Bonchev–Trinajstić information content (AvgIpc) is 3.72. The van der Waals surface area contributed by atoms with E-state index >= 15 is 0 Å². The number of nitrogens with zero attached hydrogens (tertiary/aromatic N) is 3. The maximum absolute atomic E-state index is 14.1. The van der Waals surface area contributed by atoms with Crippen molar-refractivity contribution in [1.29, 1.82) is 0 Å². The molecule has 1 aromatic heterocycles. The number of fused-ring (bicyclic) bond motifs is 2. The first-order chi connectivity index (χ1) is 21.0. The van der Waals surface area contributed by atoms with Crippen LogP contribution in [0.5, 0.6) is 11.5 Å². The van der Waals surface area contributed by atoms with Crippen LogP contribution in [-0.4, -0.2) is 81.2 Å². The summed E-state index contributed by atoms with van der Waals surface area (Å²) in [4.78, 5) is 18.0. The lowest BCUT2D eigenvalue weighted by Gasteiger charge is -2.29. The van der Waals surface area contributed by atoms with Crippen LogP contribution >= 0.6 is 0 Å². The number of carbonyl (C=O) groups is 1. The van der Waals surface area contributed by atoms with Gasteiger partial charge in [-0.25, -0.2) is 8.42 Å². The van der Waals surface area contributed by atoms with Crippen LogP contribution in [0.3, 0.4) is 0 Å². The number of rotatable bonds is 12. The molecule has 43 heavy (non-hydrogen) atoms. The van der Waals surface area contributed by atoms with Gasteiger partial charge < -0.3 is 23.5 Å². The van der Waals surface area contributed by atoms with Crippen LogP contribution in [0.1, 0.15) is 17.7 Å². The minimum Gasteiger partial charge on any atom is -0.467 e. The summed E-state index contributed by atoms with van der Waals surface area (Å²) in [6, 6.07) is 21.8. The third-order valence-corrected chi connectivity index (χ3v) is 9.59. The van der Waals surface area contributed by atoms with Gasteiger partial charge in [0.2, 0.25) is 22.7 Å². The van der Waals surface area contributed by atoms with Gasteiger partial charge in [0.1, 0.15) is 5.76 Å². The first-order valence-electron chi connectivity index (χ1n) is 14.4. The van der Waals surface area contributed by atoms with Crippen LogP contribution in [0.4, 0.5) is 0 Å². The Morgan fingerprint density at radius 2 is 1.67 bits per heavy atom. The normalized spacial score (nSPS) is 15.3. The molecule has 0 bridgehead atoms. The molecule has 6 rings (SSSR count). The summed E-state index contributed by atoms with van der Waals surface area (Å²) in [7, 11) is -3.98. The highest BCUT2D eigenvalue weighted by atomic mass is 32.2. The standard InChI is InChI=1S/C32H35N3O7S/c36-32(34(22-28-7-3-16-40-28)21-25-8-11-30-31(19-25)42-24-41-30)23-35(13-4-12-33-14-17-39-18-15-33)43(37,38)29-10-9-26-5-1-2-6-27(26)20-29/h1-3,5-11,16,19-20H,4,12-15,17-18,21-24H2. The van der Waals surface area contributed by atoms with Crippen molar-refractivity contribution in [3.8, 4) is 11.5 Å². The summed E-state index contributed by atoms with van der Waals surface area (Å²) in [5, 5.41) is 1.77. The second-order valence-corrected chi connectivity index (χ2v) is 12.6. The molecule has 226 valence electrons. The van der Waals surface area contributed by atoms with Crippen molar-refractivity contribution in [2.75, 3.05) is 52.7 Å². The molecular formula is C32H35N3O7S. The largest absolute Gasteiger partial charge is 0.467 e.